The minimum Gasteiger partial charge on any atom is -0.310 e. The summed E-state index contributed by atoms with van der Waals surface area (Å²) in [6, 6.07) is 0. The summed E-state index contributed by atoms with van der Waals surface area (Å²) in [6.45, 7) is 8.55. The molecule has 0 spiro atoms. The van der Waals surface area contributed by atoms with Gasteiger partial charge in [0.2, 0.25) is 0 Å². The first-order chi connectivity index (χ1) is 16.9. The summed E-state index contributed by atoms with van der Waals surface area (Å²) < 4.78 is 0. The molecular weight excluding hydrogens is 424 g/mol. The predicted molar refractivity (Wildman–Crippen MR) is 161 cm³/mol. The van der Waals surface area contributed by atoms with E-state index < -0.39 is 0 Å². The number of allylic oxidation sites excluding steroid dienone is 4. The number of hydrogen-bond donors (Lipinski definition) is 2. The zero-order valence-corrected chi connectivity index (χ0v) is 24.4. The second-order valence-electron chi connectivity index (χ2n) is 11.4. The minimum absolute atomic E-state index is 0.946. The van der Waals surface area contributed by atoms with E-state index in [-0.39, 0.29) is 0 Å². The van der Waals surface area contributed by atoms with E-state index in [0.29, 0.717) is 0 Å². The van der Waals surface area contributed by atoms with Crippen LogP contribution in [0.15, 0.2) is 23.3 Å². The average molecular weight is 487 g/mol. The maximum absolute atomic E-state index is 8.03. The van der Waals surface area contributed by atoms with Crippen LogP contribution in [-0.2, 0) is 0 Å². The van der Waals surface area contributed by atoms with E-state index in [1.165, 1.54) is 120 Å². The van der Waals surface area contributed by atoms with Gasteiger partial charge in [0.1, 0.15) is 0 Å². The van der Waals surface area contributed by atoms with Gasteiger partial charge in [-0.15, -0.1) is 0 Å². The van der Waals surface area contributed by atoms with Crippen molar-refractivity contribution in [3.8, 4) is 0 Å². The van der Waals surface area contributed by atoms with Gasteiger partial charge in [-0.2, -0.15) is 0 Å². The van der Waals surface area contributed by atoms with Gasteiger partial charge in [0.25, 0.3) is 0 Å². The Morgan fingerprint density at radius 1 is 0.371 bits per heavy atom. The molecule has 0 atom stereocenters. The Balaban J connectivity index is 3.21. The van der Waals surface area contributed by atoms with Gasteiger partial charge in [-0.05, 0) is 79.1 Å². The van der Waals surface area contributed by atoms with Crippen LogP contribution in [0, 0.1) is 10.8 Å². The van der Waals surface area contributed by atoms with Crippen LogP contribution in [0.4, 0.5) is 0 Å². The topological polar surface area (TPSA) is 47.7 Å². The van der Waals surface area contributed by atoms with Crippen molar-refractivity contribution in [2.24, 2.45) is 0 Å². The lowest BCUT2D eigenvalue weighted by atomic mass is 10.0. The molecule has 0 saturated carbocycles. The molecule has 0 heterocycles. The molecule has 0 saturated heterocycles. The highest BCUT2D eigenvalue weighted by atomic mass is 14.4. The minimum atomic E-state index is 0.946. The molecule has 35 heavy (non-hydrogen) atoms. The molecule has 2 nitrogen and oxygen atoms in total. The summed E-state index contributed by atoms with van der Waals surface area (Å²) in [4.78, 5) is 0. The summed E-state index contributed by atoms with van der Waals surface area (Å²) in [5, 5.41) is 16.1. The highest BCUT2D eigenvalue weighted by Gasteiger charge is 1.99. The van der Waals surface area contributed by atoms with Crippen molar-refractivity contribution in [1.82, 2.24) is 0 Å². The zero-order chi connectivity index (χ0) is 26.0. The molecule has 0 radical (unpaired) electrons. The Morgan fingerprint density at radius 2 is 0.600 bits per heavy atom. The summed E-state index contributed by atoms with van der Waals surface area (Å²) >= 11 is 0. The third kappa shape index (κ3) is 28.9. The average Bonchev–Trinajstić information content (AvgIpc) is 2.80. The Bertz CT molecular complexity index is 512. The normalized spacial score (nSPS) is 10.9. The number of nitrogens with one attached hydrogen (secondary N) is 2. The fourth-order valence-electron chi connectivity index (χ4n) is 4.65. The summed E-state index contributed by atoms with van der Waals surface area (Å²) in [7, 11) is 0. The molecule has 2 heteroatoms. The zero-order valence-electron chi connectivity index (χ0n) is 24.4. The van der Waals surface area contributed by atoms with Crippen LogP contribution in [0.5, 0.6) is 0 Å². The first-order valence-corrected chi connectivity index (χ1v) is 15.3. The second-order valence-corrected chi connectivity index (χ2v) is 11.4. The highest BCUT2D eigenvalue weighted by molar-refractivity contribution is 5.81. The van der Waals surface area contributed by atoms with E-state index in [1.54, 1.807) is 0 Å². The van der Waals surface area contributed by atoms with Gasteiger partial charge in [0.15, 0.2) is 0 Å². The van der Waals surface area contributed by atoms with Crippen LogP contribution in [0.25, 0.3) is 0 Å². The van der Waals surface area contributed by atoms with E-state index in [0.717, 1.165) is 49.9 Å². The van der Waals surface area contributed by atoms with E-state index in [9.17, 15) is 0 Å². The lowest BCUT2D eigenvalue weighted by Gasteiger charge is -2.05. The van der Waals surface area contributed by atoms with Crippen molar-refractivity contribution in [3.63, 3.8) is 0 Å². The quantitative estimate of drug-likeness (QED) is 0.0693. The first kappa shape index (κ1) is 33.8. The fourth-order valence-corrected chi connectivity index (χ4v) is 4.65. The summed E-state index contributed by atoms with van der Waals surface area (Å²) in [5.41, 5.74) is 4.63. The molecule has 0 aromatic rings. The Kier molecular flexibility index (Phi) is 25.0. The van der Waals surface area contributed by atoms with Crippen molar-refractivity contribution >= 4 is 11.4 Å². The van der Waals surface area contributed by atoms with Gasteiger partial charge in [-0.3, -0.25) is 0 Å². The molecular formula is C33H62N2. The molecule has 0 aromatic heterocycles. The molecule has 204 valence electrons. The van der Waals surface area contributed by atoms with Crippen molar-refractivity contribution in [1.29, 1.82) is 10.8 Å². The molecule has 0 aromatic carbocycles. The molecule has 0 aliphatic rings. The molecule has 2 N–H and O–H groups in total. The fraction of sp³-hybridized carbons (Fsp3) is 0.818. The molecule has 0 aliphatic carbocycles. The van der Waals surface area contributed by atoms with Crippen LogP contribution in [0.1, 0.15) is 175 Å². The number of unbranched alkanes of at least 4 members (excludes halogenated alkanes) is 16. The highest BCUT2D eigenvalue weighted by Crippen LogP contribution is 2.15. The Labute approximate surface area is 220 Å². The summed E-state index contributed by atoms with van der Waals surface area (Å²) in [5.74, 6) is 0. The summed E-state index contributed by atoms with van der Waals surface area (Å²) in [6.07, 6.45) is 33.9. The second kappa shape index (κ2) is 25.9. The van der Waals surface area contributed by atoms with Crippen molar-refractivity contribution in [2.75, 3.05) is 0 Å². The molecule has 0 fully saturated rings. The number of hydrogen-bond acceptors (Lipinski definition) is 2. The Morgan fingerprint density at radius 3 is 0.829 bits per heavy atom. The predicted octanol–water partition coefficient (Wildman–Crippen LogP) is 11.9. The van der Waals surface area contributed by atoms with Crippen molar-refractivity contribution in [3.05, 3.63) is 23.3 Å². The molecule has 0 unspecified atom stereocenters. The van der Waals surface area contributed by atoms with Crippen LogP contribution in [0.3, 0.4) is 0 Å². The van der Waals surface area contributed by atoms with Crippen molar-refractivity contribution < 1.29 is 0 Å². The van der Waals surface area contributed by atoms with E-state index in [1.807, 2.05) is 0 Å². The Hall–Kier alpha value is -1.18. The van der Waals surface area contributed by atoms with E-state index in [2.05, 4.69) is 39.8 Å². The molecule has 0 aliphatic heterocycles. The van der Waals surface area contributed by atoms with Gasteiger partial charge < -0.3 is 10.8 Å². The van der Waals surface area contributed by atoms with Gasteiger partial charge in [-0.1, -0.05) is 120 Å². The lowest BCUT2D eigenvalue weighted by molar-refractivity contribution is 0.527. The smallest absolute Gasteiger partial charge is 0.00922 e. The largest absolute Gasteiger partial charge is 0.310 e. The van der Waals surface area contributed by atoms with Gasteiger partial charge in [-0.25, -0.2) is 0 Å². The molecule has 0 rings (SSSR count). The van der Waals surface area contributed by atoms with Crippen LogP contribution >= 0.6 is 0 Å². The third-order valence-corrected chi connectivity index (χ3v) is 6.95. The SMILES string of the molecule is CC(C)=CCCC(=N)CCCCCCCCCCCCCCCCCCCC(=N)CCC=C(C)C. The maximum atomic E-state index is 8.03. The molecule has 0 amide bonds. The molecule has 0 bridgehead atoms. The number of rotatable bonds is 26. The maximum Gasteiger partial charge on any atom is 0.00922 e. The first-order valence-electron chi connectivity index (χ1n) is 15.3. The van der Waals surface area contributed by atoms with Crippen LogP contribution in [-0.4, -0.2) is 11.4 Å². The van der Waals surface area contributed by atoms with Gasteiger partial charge in [0.05, 0.1) is 0 Å². The van der Waals surface area contributed by atoms with Crippen LogP contribution in [0.2, 0.25) is 0 Å². The van der Waals surface area contributed by atoms with Crippen molar-refractivity contribution in [2.45, 2.75) is 175 Å². The van der Waals surface area contributed by atoms with Crippen LogP contribution < -0.4 is 0 Å². The van der Waals surface area contributed by atoms with Gasteiger partial charge in [0, 0.05) is 11.4 Å². The monoisotopic (exact) mass is 486 g/mol. The van der Waals surface area contributed by atoms with Gasteiger partial charge >= 0.3 is 0 Å². The van der Waals surface area contributed by atoms with E-state index in [4.69, 9.17) is 10.8 Å². The third-order valence-electron chi connectivity index (χ3n) is 6.95. The standard InChI is InChI=1S/C33H62N2/c1-30(2)24-22-28-32(34)26-20-18-16-14-12-10-8-6-5-7-9-11-13-15-17-19-21-27-33(35)29-23-25-31(3)4/h24-25,34-35H,5-23,26-29H2,1-4H3. The van der Waals surface area contributed by atoms with E-state index >= 15 is 0 Å². The lowest BCUT2D eigenvalue weighted by Crippen LogP contribution is -1.95.